The number of hydrogen-bond donors (Lipinski definition) is 2. The van der Waals surface area contributed by atoms with Crippen molar-refractivity contribution in [3.8, 4) is 0 Å². The molecule has 0 atom stereocenters. The highest BCUT2D eigenvalue weighted by molar-refractivity contribution is 14.1. The Bertz CT molecular complexity index is 689. The lowest BCUT2D eigenvalue weighted by Crippen LogP contribution is -2.12. The predicted molar refractivity (Wildman–Crippen MR) is 84.8 cm³/mol. The van der Waals surface area contributed by atoms with Gasteiger partial charge in [0.2, 0.25) is 10.0 Å². The molecule has 1 heterocycles. The summed E-state index contributed by atoms with van der Waals surface area (Å²) in [6, 6.07) is 6.54. The monoisotopic (exact) mass is 404 g/mol. The summed E-state index contributed by atoms with van der Waals surface area (Å²) in [6.07, 6.45) is 3.98. The van der Waals surface area contributed by atoms with Gasteiger partial charge in [-0.1, -0.05) is 12.1 Å². The fourth-order valence-electron chi connectivity index (χ4n) is 1.61. The van der Waals surface area contributed by atoms with Gasteiger partial charge in [0.1, 0.15) is 12.1 Å². The van der Waals surface area contributed by atoms with Crippen LogP contribution in [0.5, 0.6) is 0 Å². The van der Waals surface area contributed by atoms with Gasteiger partial charge in [-0.05, 0) is 46.7 Å². The smallest absolute Gasteiger partial charge is 0.238 e. The van der Waals surface area contributed by atoms with E-state index in [9.17, 15) is 8.42 Å². The summed E-state index contributed by atoms with van der Waals surface area (Å²) >= 11 is 2.16. The maximum Gasteiger partial charge on any atom is 0.238 e. The molecule has 2 aromatic rings. The number of nitrogens with two attached hydrogens (primary N) is 1. The zero-order valence-electron chi connectivity index (χ0n) is 10.5. The van der Waals surface area contributed by atoms with Crippen molar-refractivity contribution in [2.75, 3.05) is 11.9 Å². The third-order valence-electron chi connectivity index (χ3n) is 2.63. The SMILES string of the molecule is NS(=O)(=O)c1ccc(CCNc2ncncc2I)cc1. The highest BCUT2D eigenvalue weighted by atomic mass is 127. The fraction of sp³-hybridized carbons (Fsp3) is 0.167. The van der Waals surface area contributed by atoms with E-state index in [1.165, 1.54) is 18.5 Å². The minimum atomic E-state index is -3.62. The average molecular weight is 404 g/mol. The van der Waals surface area contributed by atoms with Crippen molar-refractivity contribution >= 4 is 38.4 Å². The van der Waals surface area contributed by atoms with Crippen molar-refractivity contribution in [2.24, 2.45) is 5.14 Å². The number of sulfonamides is 1. The summed E-state index contributed by atoms with van der Waals surface area (Å²) in [5.74, 6) is 0.793. The van der Waals surface area contributed by atoms with Gasteiger partial charge in [0.25, 0.3) is 0 Å². The van der Waals surface area contributed by atoms with Crippen LogP contribution in [0.3, 0.4) is 0 Å². The predicted octanol–water partition coefficient (Wildman–Crippen LogP) is 1.38. The molecule has 20 heavy (non-hydrogen) atoms. The van der Waals surface area contributed by atoms with Crippen molar-refractivity contribution in [2.45, 2.75) is 11.3 Å². The van der Waals surface area contributed by atoms with Crippen LogP contribution in [-0.4, -0.2) is 24.9 Å². The Balaban J connectivity index is 1.94. The van der Waals surface area contributed by atoms with Gasteiger partial charge in [-0.3, -0.25) is 0 Å². The minimum absolute atomic E-state index is 0.125. The number of primary sulfonamides is 1. The maximum atomic E-state index is 11.1. The zero-order valence-corrected chi connectivity index (χ0v) is 13.4. The highest BCUT2D eigenvalue weighted by Gasteiger charge is 2.06. The fourth-order valence-corrected chi connectivity index (χ4v) is 2.62. The van der Waals surface area contributed by atoms with Gasteiger partial charge in [-0.25, -0.2) is 23.5 Å². The van der Waals surface area contributed by atoms with E-state index in [-0.39, 0.29) is 4.90 Å². The third kappa shape index (κ3) is 4.12. The standard InChI is InChI=1S/C12H13IN4O2S/c13-11-7-15-8-17-12(11)16-6-5-9-1-3-10(4-2-9)20(14,18)19/h1-4,7-8H,5-6H2,(H2,14,18,19)(H,15,16,17). The molecule has 0 spiro atoms. The zero-order chi connectivity index (χ0) is 14.6. The maximum absolute atomic E-state index is 11.1. The van der Waals surface area contributed by atoms with Crippen LogP contribution in [0, 0.1) is 3.57 Å². The van der Waals surface area contributed by atoms with E-state index in [2.05, 4.69) is 37.9 Å². The van der Waals surface area contributed by atoms with Gasteiger partial charge in [0.15, 0.2) is 0 Å². The van der Waals surface area contributed by atoms with Gasteiger partial charge in [-0.2, -0.15) is 0 Å². The molecule has 1 aromatic heterocycles. The Morgan fingerprint density at radius 1 is 1.25 bits per heavy atom. The van der Waals surface area contributed by atoms with E-state index in [0.717, 1.165) is 21.4 Å². The van der Waals surface area contributed by atoms with Crippen LogP contribution in [0.4, 0.5) is 5.82 Å². The number of hydrogen-bond acceptors (Lipinski definition) is 5. The molecule has 0 aliphatic carbocycles. The molecule has 0 radical (unpaired) electrons. The lowest BCUT2D eigenvalue weighted by atomic mass is 10.1. The van der Waals surface area contributed by atoms with E-state index < -0.39 is 10.0 Å². The minimum Gasteiger partial charge on any atom is -0.369 e. The first-order chi connectivity index (χ1) is 9.47. The Morgan fingerprint density at radius 2 is 1.95 bits per heavy atom. The lowest BCUT2D eigenvalue weighted by molar-refractivity contribution is 0.598. The van der Waals surface area contributed by atoms with Crippen LogP contribution in [0.2, 0.25) is 0 Å². The summed E-state index contributed by atoms with van der Waals surface area (Å²) < 4.78 is 23.2. The van der Waals surface area contributed by atoms with Crippen molar-refractivity contribution in [1.29, 1.82) is 0 Å². The Kier molecular flexibility index (Phi) is 4.89. The van der Waals surface area contributed by atoms with E-state index >= 15 is 0 Å². The van der Waals surface area contributed by atoms with Crippen LogP contribution >= 0.6 is 22.6 Å². The Morgan fingerprint density at radius 3 is 2.55 bits per heavy atom. The topological polar surface area (TPSA) is 98.0 Å². The van der Waals surface area contributed by atoms with Crippen LogP contribution in [0.15, 0.2) is 41.7 Å². The highest BCUT2D eigenvalue weighted by Crippen LogP contribution is 2.13. The molecular formula is C12H13IN4O2S. The van der Waals surface area contributed by atoms with Crippen LogP contribution in [0.25, 0.3) is 0 Å². The molecule has 8 heteroatoms. The van der Waals surface area contributed by atoms with E-state index in [4.69, 9.17) is 5.14 Å². The van der Waals surface area contributed by atoms with Crippen LogP contribution in [0.1, 0.15) is 5.56 Å². The van der Waals surface area contributed by atoms with Gasteiger partial charge in [0.05, 0.1) is 8.47 Å². The second kappa shape index (κ2) is 6.46. The van der Waals surface area contributed by atoms with E-state index in [0.29, 0.717) is 6.54 Å². The summed E-state index contributed by atoms with van der Waals surface area (Å²) in [5.41, 5.74) is 1.02. The van der Waals surface area contributed by atoms with E-state index in [1.54, 1.807) is 18.3 Å². The lowest BCUT2D eigenvalue weighted by Gasteiger charge is -2.07. The molecular weight excluding hydrogens is 391 g/mol. The molecule has 0 aliphatic rings. The molecule has 0 bridgehead atoms. The molecule has 1 aromatic carbocycles. The van der Waals surface area contributed by atoms with Crippen LogP contribution < -0.4 is 10.5 Å². The number of anilines is 1. The third-order valence-corrected chi connectivity index (χ3v) is 4.34. The quantitative estimate of drug-likeness (QED) is 0.734. The number of nitrogens with zero attached hydrogens (tertiary/aromatic N) is 2. The molecule has 6 nitrogen and oxygen atoms in total. The molecule has 3 N–H and O–H groups in total. The normalized spacial score (nSPS) is 11.3. The molecule has 0 fully saturated rings. The molecule has 0 saturated heterocycles. The van der Waals surface area contributed by atoms with Gasteiger partial charge in [-0.15, -0.1) is 0 Å². The molecule has 106 valence electrons. The first-order valence-corrected chi connectivity index (χ1v) is 8.40. The average Bonchev–Trinajstić information content (AvgIpc) is 2.40. The second-order valence-corrected chi connectivity index (χ2v) is 6.81. The second-order valence-electron chi connectivity index (χ2n) is 4.09. The van der Waals surface area contributed by atoms with Gasteiger partial charge < -0.3 is 5.32 Å². The Hall–Kier alpha value is -1.26. The summed E-state index contributed by atoms with van der Waals surface area (Å²) in [6.45, 7) is 0.696. The number of rotatable bonds is 5. The molecule has 0 amide bonds. The van der Waals surface area contributed by atoms with Crippen molar-refractivity contribution in [3.05, 3.63) is 45.9 Å². The van der Waals surface area contributed by atoms with E-state index in [1.807, 2.05) is 0 Å². The molecule has 2 rings (SSSR count). The summed E-state index contributed by atoms with van der Waals surface area (Å²) in [4.78, 5) is 8.17. The largest absolute Gasteiger partial charge is 0.369 e. The Labute approximate surface area is 131 Å². The van der Waals surface area contributed by atoms with Crippen LogP contribution in [-0.2, 0) is 16.4 Å². The van der Waals surface area contributed by atoms with Gasteiger partial charge >= 0.3 is 0 Å². The number of aromatic nitrogens is 2. The summed E-state index contributed by atoms with van der Waals surface area (Å²) in [7, 11) is -3.62. The van der Waals surface area contributed by atoms with Crippen molar-refractivity contribution in [1.82, 2.24) is 9.97 Å². The first-order valence-electron chi connectivity index (χ1n) is 5.78. The molecule has 0 aliphatic heterocycles. The van der Waals surface area contributed by atoms with Crippen molar-refractivity contribution < 1.29 is 8.42 Å². The molecule has 0 unspecified atom stereocenters. The summed E-state index contributed by atoms with van der Waals surface area (Å²) in [5, 5.41) is 8.25. The number of nitrogens with one attached hydrogen (secondary N) is 1. The molecule has 0 saturated carbocycles. The number of benzene rings is 1. The van der Waals surface area contributed by atoms with Gasteiger partial charge in [0, 0.05) is 12.7 Å². The number of halogens is 1. The first kappa shape index (κ1) is 15.1. The van der Waals surface area contributed by atoms with Crippen molar-refractivity contribution in [3.63, 3.8) is 0 Å².